The fourth-order valence-electron chi connectivity index (χ4n) is 2.84. The van der Waals surface area contributed by atoms with E-state index in [9.17, 15) is 9.59 Å². The van der Waals surface area contributed by atoms with Crippen LogP contribution in [0.4, 0.5) is 0 Å². The average molecular weight is 392 g/mol. The Balaban J connectivity index is 1.58. The van der Waals surface area contributed by atoms with Crippen LogP contribution in [0.15, 0.2) is 63.8 Å². The number of hydrogen-bond donors (Lipinski definition) is 1. The molecule has 0 radical (unpaired) electrons. The number of aliphatic hydroxyl groups is 1. The van der Waals surface area contributed by atoms with Crippen molar-refractivity contribution in [3.63, 3.8) is 0 Å². The molecule has 4 rings (SSSR count). The summed E-state index contributed by atoms with van der Waals surface area (Å²) in [5, 5.41) is 21.7. The summed E-state index contributed by atoms with van der Waals surface area (Å²) in [6.45, 7) is -0.564. The van der Waals surface area contributed by atoms with Crippen LogP contribution in [0.1, 0.15) is 16.4 Å². The third-order valence-corrected chi connectivity index (χ3v) is 4.19. The molecular weight excluding hydrogens is 376 g/mol. The second kappa shape index (κ2) is 8.03. The van der Waals surface area contributed by atoms with E-state index in [4.69, 9.17) is 14.3 Å². The van der Waals surface area contributed by atoms with Gasteiger partial charge in [0.15, 0.2) is 12.3 Å². The highest BCUT2D eigenvalue weighted by Gasteiger charge is 2.19. The van der Waals surface area contributed by atoms with Crippen LogP contribution in [0.2, 0.25) is 0 Å². The molecule has 0 atom stereocenters. The van der Waals surface area contributed by atoms with Gasteiger partial charge in [-0.15, -0.1) is 10.2 Å². The van der Waals surface area contributed by atoms with E-state index in [0.717, 1.165) is 10.2 Å². The van der Waals surface area contributed by atoms with Crippen molar-refractivity contribution in [2.24, 2.45) is 0 Å². The van der Waals surface area contributed by atoms with Crippen LogP contribution in [0, 0.1) is 0 Å². The molecule has 0 aliphatic heterocycles. The molecule has 2 aromatic heterocycles. The van der Waals surface area contributed by atoms with Crippen molar-refractivity contribution in [1.82, 2.24) is 20.0 Å². The van der Waals surface area contributed by atoms with Gasteiger partial charge in [-0.05, 0) is 18.2 Å². The van der Waals surface area contributed by atoms with Crippen LogP contribution >= 0.6 is 0 Å². The van der Waals surface area contributed by atoms with E-state index >= 15 is 0 Å². The molecule has 0 bridgehead atoms. The normalized spacial score (nSPS) is 10.9. The Kier molecular flexibility index (Phi) is 5.12. The highest BCUT2D eigenvalue weighted by Crippen LogP contribution is 2.18. The van der Waals surface area contributed by atoms with Crippen molar-refractivity contribution in [1.29, 1.82) is 0 Å². The number of carbonyl (C=O) groups is 1. The minimum Gasteiger partial charge on any atom is -0.451 e. The smallest absolute Gasteiger partial charge is 0.359 e. The molecule has 2 heterocycles. The standard InChI is InChI=1S/C20H16N4O5/c25-11-10-24-19(26)15-9-5-4-8-14(15)17(23-24)20(27)28-12-16-21-22-18(29-16)13-6-2-1-3-7-13/h1-9,25H,10-12H2. The summed E-state index contributed by atoms with van der Waals surface area (Å²) in [5.41, 5.74) is 0.327. The van der Waals surface area contributed by atoms with Crippen LogP contribution in [0.25, 0.3) is 22.2 Å². The Morgan fingerprint density at radius 1 is 1.03 bits per heavy atom. The number of esters is 1. The van der Waals surface area contributed by atoms with Gasteiger partial charge < -0.3 is 14.3 Å². The van der Waals surface area contributed by atoms with Crippen molar-refractivity contribution in [2.45, 2.75) is 13.2 Å². The molecule has 4 aromatic rings. The van der Waals surface area contributed by atoms with E-state index in [0.29, 0.717) is 16.7 Å². The van der Waals surface area contributed by atoms with E-state index < -0.39 is 11.5 Å². The Morgan fingerprint density at radius 2 is 1.76 bits per heavy atom. The van der Waals surface area contributed by atoms with E-state index in [2.05, 4.69) is 15.3 Å². The van der Waals surface area contributed by atoms with Gasteiger partial charge >= 0.3 is 5.97 Å². The number of nitrogens with zero attached hydrogens (tertiary/aromatic N) is 4. The summed E-state index contributed by atoms with van der Waals surface area (Å²) in [6, 6.07) is 15.8. The number of ether oxygens (including phenoxy) is 1. The molecule has 0 saturated carbocycles. The minimum absolute atomic E-state index is 0.0311. The van der Waals surface area contributed by atoms with Crippen LogP contribution in [-0.4, -0.2) is 37.7 Å². The summed E-state index contributed by atoms with van der Waals surface area (Å²) in [4.78, 5) is 25.0. The Bertz CT molecular complexity index is 1220. The molecule has 0 saturated heterocycles. The molecule has 1 N–H and O–H groups in total. The molecule has 2 aromatic carbocycles. The van der Waals surface area contributed by atoms with Gasteiger partial charge in [-0.25, -0.2) is 9.48 Å². The second-order valence-electron chi connectivity index (χ2n) is 6.09. The van der Waals surface area contributed by atoms with Crippen LogP contribution in [-0.2, 0) is 17.9 Å². The lowest BCUT2D eigenvalue weighted by atomic mass is 10.1. The van der Waals surface area contributed by atoms with Crippen molar-refractivity contribution in [3.05, 3.63) is 76.5 Å². The van der Waals surface area contributed by atoms with Gasteiger partial charge in [-0.2, -0.15) is 5.10 Å². The van der Waals surface area contributed by atoms with Gasteiger partial charge in [-0.3, -0.25) is 4.79 Å². The third-order valence-electron chi connectivity index (χ3n) is 4.19. The number of rotatable bonds is 6. The maximum absolute atomic E-state index is 12.6. The lowest BCUT2D eigenvalue weighted by molar-refractivity contribution is 0.0431. The van der Waals surface area contributed by atoms with Crippen molar-refractivity contribution < 1.29 is 19.1 Å². The zero-order valence-corrected chi connectivity index (χ0v) is 15.2. The van der Waals surface area contributed by atoms with Gasteiger partial charge in [0.1, 0.15) is 0 Å². The van der Waals surface area contributed by atoms with Gasteiger partial charge in [0.05, 0.1) is 18.5 Å². The summed E-state index contributed by atoms with van der Waals surface area (Å²) in [5.74, 6) is -0.297. The summed E-state index contributed by atoms with van der Waals surface area (Å²) in [7, 11) is 0. The molecule has 0 spiro atoms. The van der Waals surface area contributed by atoms with Crippen molar-refractivity contribution in [3.8, 4) is 11.5 Å². The Morgan fingerprint density at radius 3 is 2.52 bits per heavy atom. The van der Waals surface area contributed by atoms with Crippen LogP contribution in [0.5, 0.6) is 0 Å². The molecule has 9 heteroatoms. The number of benzene rings is 2. The van der Waals surface area contributed by atoms with Crippen molar-refractivity contribution in [2.75, 3.05) is 6.61 Å². The fraction of sp³-hybridized carbons (Fsp3) is 0.150. The number of hydrogen-bond acceptors (Lipinski definition) is 8. The van der Waals surface area contributed by atoms with Crippen LogP contribution < -0.4 is 5.56 Å². The molecule has 0 unspecified atom stereocenters. The number of fused-ring (bicyclic) bond motifs is 1. The first-order chi connectivity index (χ1) is 14.2. The lowest BCUT2D eigenvalue weighted by Gasteiger charge is -2.09. The highest BCUT2D eigenvalue weighted by atomic mass is 16.5. The summed E-state index contributed by atoms with van der Waals surface area (Å²) >= 11 is 0. The predicted octanol–water partition coefficient (Wildman–Crippen LogP) is 1.80. The number of aromatic nitrogens is 4. The molecule has 9 nitrogen and oxygen atoms in total. The quantitative estimate of drug-likeness (QED) is 0.493. The maximum Gasteiger partial charge on any atom is 0.359 e. The lowest BCUT2D eigenvalue weighted by Crippen LogP contribution is -2.27. The molecule has 29 heavy (non-hydrogen) atoms. The Labute approximate surface area is 164 Å². The molecule has 146 valence electrons. The maximum atomic E-state index is 12.6. The first kappa shape index (κ1) is 18.5. The molecule has 0 aliphatic rings. The largest absolute Gasteiger partial charge is 0.451 e. The number of carbonyl (C=O) groups excluding carboxylic acids is 1. The van der Waals surface area contributed by atoms with Crippen molar-refractivity contribution >= 4 is 16.7 Å². The zero-order valence-electron chi connectivity index (χ0n) is 15.2. The van der Waals surface area contributed by atoms with E-state index in [1.807, 2.05) is 30.3 Å². The summed E-state index contributed by atoms with van der Waals surface area (Å²) < 4.78 is 11.8. The Hall–Kier alpha value is -3.85. The topological polar surface area (TPSA) is 120 Å². The monoisotopic (exact) mass is 392 g/mol. The minimum atomic E-state index is -0.743. The molecule has 0 fully saturated rings. The van der Waals surface area contributed by atoms with E-state index in [1.54, 1.807) is 24.3 Å². The highest BCUT2D eigenvalue weighted by molar-refractivity contribution is 6.02. The molecule has 0 aliphatic carbocycles. The van der Waals surface area contributed by atoms with Gasteiger partial charge in [-0.1, -0.05) is 36.4 Å². The second-order valence-corrected chi connectivity index (χ2v) is 6.09. The molecular formula is C20H16N4O5. The van der Waals surface area contributed by atoms with E-state index in [1.165, 1.54) is 0 Å². The van der Waals surface area contributed by atoms with Gasteiger partial charge in [0.2, 0.25) is 5.89 Å². The SMILES string of the molecule is O=C(OCc1nnc(-c2ccccc2)o1)c1nn(CCO)c(=O)c2ccccc12. The predicted molar refractivity (Wildman–Crippen MR) is 102 cm³/mol. The van der Waals surface area contributed by atoms with E-state index in [-0.39, 0.29) is 31.3 Å². The third kappa shape index (κ3) is 3.76. The summed E-state index contributed by atoms with van der Waals surface area (Å²) in [6.07, 6.45) is 0. The number of aliphatic hydroxyl groups excluding tert-OH is 1. The average Bonchev–Trinajstić information content (AvgIpc) is 3.24. The van der Waals surface area contributed by atoms with Crippen LogP contribution in [0.3, 0.4) is 0 Å². The molecule has 0 amide bonds. The fourth-order valence-corrected chi connectivity index (χ4v) is 2.84. The van der Waals surface area contributed by atoms with Gasteiger partial charge in [0.25, 0.3) is 11.4 Å². The first-order valence-electron chi connectivity index (χ1n) is 8.83. The zero-order chi connectivity index (χ0) is 20.2. The van der Waals surface area contributed by atoms with Gasteiger partial charge in [0, 0.05) is 10.9 Å². The first-order valence-corrected chi connectivity index (χ1v) is 8.83.